The molecule has 2 rings (SSSR count). The lowest BCUT2D eigenvalue weighted by atomic mass is 10.1. The number of rotatable bonds is 6. The number of nitrogens with one attached hydrogen (secondary N) is 2. The standard InChI is InChI=1S/C16H15ClN2O2S/c17-13-7-4-8-15(10-13)22-19-16(21)18-14(11-20)9-12-5-2-1-3-6-12/h1-8,10-11,14H,9H2,(H2,18,19,21). The van der Waals surface area contributed by atoms with Crippen LogP contribution in [0, 0.1) is 0 Å². The van der Waals surface area contributed by atoms with Crippen molar-refractivity contribution in [2.45, 2.75) is 17.4 Å². The zero-order valence-electron chi connectivity index (χ0n) is 11.7. The van der Waals surface area contributed by atoms with Gasteiger partial charge in [0.2, 0.25) is 0 Å². The zero-order chi connectivity index (χ0) is 15.8. The van der Waals surface area contributed by atoms with Crippen LogP contribution in [0.5, 0.6) is 0 Å². The van der Waals surface area contributed by atoms with Gasteiger partial charge in [-0.2, -0.15) is 0 Å². The van der Waals surface area contributed by atoms with E-state index in [1.165, 1.54) is 0 Å². The van der Waals surface area contributed by atoms with Gasteiger partial charge in [0.25, 0.3) is 0 Å². The van der Waals surface area contributed by atoms with E-state index in [0.717, 1.165) is 28.7 Å². The molecular formula is C16H15ClN2O2S. The molecule has 0 aliphatic rings. The molecule has 2 aromatic rings. The van der Waals surface area contributed by atoms with Gasteiger partial charge in [0.1, 0.15) is 6.29 Å². The molecule has 22 heavy (non-hydrogen) atoms. The summed E-state index contributed by atoms with van der Waals surface area (Å²) in [7, 11) is 0. The fourth-order valence-corrected chi connectivity index (χ4v) is 2.69. The molecule has 2 N–H and O–H groups in total. The summed E-state index contributed by atoms with van der Waals surface area (Å²) in [6.07, 6.45) is 1.19. The van der Waals surface area contributed by atoms with Crippen molar-refractivity contribution in [2.75, 3.05) is 0 Å². The van der Waals surface area contributed by atoms with Crippen molar-refractivity contribution >= 4 is 35.9 Å². The van der Waals surface area contributed by atoms with E-state index in [0.29, 0.717) is 11.4 Å². The van der Waals surface area contributed by atoms with Crippen molar-refractivity contribution in [1.82, 2.24) is 10.0 Å². The minimum absolute atomic E-state index is 0.419. The first-order valence-electron chi connectivity index (χ1n) is 6.65. The molecule has 1 unspecified atom stereocenters. The third kappa shape index (κ3) is 5.42. The van der Waals surface area contributed by atoms with E-state index < -0.39 is 12.1 Å². The van der Waals surface area contributed by atoms with Crippen LogP contribution in [0.15, 0.2) is 59.5 Å². The van der Waals surface area contributed by atoms with Gasteiger partial charge < -0.3 is 10.1 Å². The predicted molar refractivity (Wildman–Crippen MR) is 89.0 cm³/mol. The second-order valence-corrected chi connectivity index (χ2v) is 5.88. The third-order valence-corrected chi connectivity index (χ3v) is 3.85. The van der Waals surface area contributed by atoms with Crippen molar-refractivity contribution in [1.29, 1.82) is 0 Å². The monoisotopic (exact) mass is 334 g/mol. The van der Waals surface area contributed by atoms with Crippen LogP contribution >= 0.6 is 23.5 Å². The normalized spacial score (nSPS) is 11.5. The van der Waals surface area contributed by atoms with Gasteiger partial charge >= 0.3 is 6.03 Å². The highest BCUT2D eigenvalue weighted by molar-refractivity contribution is 7.98. The highest BCUT2D eigenvalue weighted by Crippen LogP contribution is 2.18. The number of carbonyl (C=O) groups is 2. The van der Waals surface area contributed by atoms with Crippen molar-refractivity contribution in [2.24, 2.45) is 0 Å². The van der Waals surface area contributed by atoms with Crippen LogP contribution in [0.4, 0.5) is 4.79 Å². The Kier molecular flexibility index (Phi) is 6.30. The zero-order valence-corrected chi connectivity index (χ0v) is 13.2. The fraction of sp³-hybridized carbons (Fsp3) is 0.125. The van der Waals surface area contributed by atoms with E-state index in [9.17, 15) is 9.59 Å². The molecule has 0 heterocycles. The average Bonchev–Trinajstić information content (AvgIpc) is 2.53. The average molecular weight is 335 g/mol. The minimum atomic E-state index is -0.567. The second-order valence-electron chi connectivity index (χ2n) is 4.57. The molecule has 0 spiro atoms. The molecule has 2 aromatic carbocycles. The molecule has 0 aromatic heterocycles. The quantitative estimate of drug-likeness (QED) is 0.628. The number of hydrogen-bond acceptors (Lipinski definition) is 3. The highest BCUT2D eigenvalue weighted by atomic mass is 35.5. The van der Waals surface area contributed by atoms with Crippen LogP contribution in [-0.2, 0) is 11.2 Å². The molecule has 1 atom stereocenters. The van der Waals surface area contributed by atoms with Crippen LogP contribution in [0.25, 0.3) is 0 Å². The van der Waals surface area contributed by atoms with Crippen LogP contribution in [0.1, 0.15) is 5.56 Å². The lowest BCUT2D eigenvalue weighted by Crippen LogP contribution is -2.41. The van der Waals surface area contributed by atoms with Gasteiger partial charge in [0.05, 0.1) is 6.04 Å². The lowest BCUT2D eigenvalue weighted by molar-refractivity contribution is -0.109. The van der Waals surface area contributed by atoms with Crippen molar-refractivity contribution in [3.63, 3.8) is 0 Å². The summed E-state index contributed by atoms with van der Waals surface area (Å²) in [4.78, 5) is 23.7. The Morgan fingerprint density at radius 3 is 2.64 bits per heavy atom. The predicted octanol–water partition coefficient (Wildman–Crippen LogP) is 3.46. The van der Waals surface area contributed by atoms with Gasteiger partial charge in [-0.05, 0) is 42.1 Å². The fourth-order valence-electron chi connectivity index (χ4n) is 1.83. The number of carbonyl (C=O) groups excluding carboxylic acids is 2. The third-order valence-electron chi connectivity index (χ3n) is 2.84. The Morgan fingerprint density at radius 1 is 1.18 bits per heavy atom. The molecule has 0 fully saturated rings. The van der Waals surface area contributed by atoms with Crippen LogP contribution in [0.2, 0.25) is 5.02 Å². The Morgan fingerprint density at radius 2 is 1.95 bits per heavy atom. The van der Waals surface area contributed by atoms with E-state index in [1.807, 2.05) is 36.4 Å². The number of amides is 2. The van der Waals surface area contributed by atoms with Crippen LogP contribution in [-0.4, -0.2) is 18.4 Å². The molecule has 0 aliphatic heterocycles. The van der Waals surface area contributed by atoms with Crippen molar-refractivity contribution < 1.29 is 9.59 Å². The summed E-state index contributed by atoms with van der Waals surface area (Å²) in [5, 5.41) is 3.23. The van der Waals surface area contributed by atoms with Gasteiger partial charge in [-0.25, -0.2) is 4.79 Å². The molecule has 0 saturated carbocycles. The van der Waals surface area contributed by atoms with Gasteiger partial charge in [-0.15, -0.1) is 0 Å². The minimum Gasteiger partial charge on any atom is -0.328 e. The Balaban J connectivity index is 1.83. The largest absolute Gasteiger partial charge is 0.328 e. The van der Waals surface area contributed by atoms with Gasteiger partial charge in [-0.3, -0.25) is 4.72 Å². The van der Waals surface area contributed by atoms with E-state index in [2.05, 4.69) is 10.0 Å². The van der Waals surface area contributed by atoms with Gasteiger partial charge in [0, 0.05) is 9.92 Å². The van der Waals surface area contributed by atoms with Crippen molar-refractivity contribution in [3.05, 3.63) is 65.2 Å². The maximum absolute atomic E-state index is 11.8. The van der Waals surface area contributed by atoms with E-state index >= 15 is 0 Å². The van der Waals surface area contributed by atoms with E-state index in [-0.39, 0.29) is 0 Å². The molecule has 6 heteroatoms. The number of urea groups is 1. The number of aldehydes is 1. The summed E-state index contributed by atoms with van der Waals surface area (Å²) in [6, 6.07) is 15.7. The molecule has 0 radical (unpaired) electrons. The van der Waals surface area contributed by atoms with Crippen LogP contribution in [0.3, 0.4) is 0 Å². The van der Waals surface area contributed by atoms with Gasteiger partial charge in [0.15, 0.2) is 0 Å². The first kappa shape index (κ1) is 16.4. The second kappa shape index (κ2) is 8.46. The number of benzene rings is 2. The van der Waals surface area contributed by atoms with E-state index in [4.69, 9.17) is 11.6 Å². The first-order valence-corrected chi connectivity index (χ1v) is 7.85. The Hall–Kier alpha value is -1.98. The maximum atomic E-state index is 11.8. The molecule has 0 saturated heterocycles. The molecular weight excluding hydrogens is 320 g/mol. The maximum Gasteiger partial charge on any atom is 0.325 e. The Bertz CT molecular complexity index is 637. The van der Waals surface area contributed by atoms with Crippen molar-refractivity contribution in [3.8, 4) is 0 Å². The molecule has 0 aliphatic carbocycles. The molecule has 114 valence electrons. The van der Waals surface area contributed by atoms with Crippen LogP contribution < -0.4 is 10.0 Å². The summed E-state index contributed by atoms with van der Waals surface area (Å²) >= 11 is 7.01. The summed E-state index contributed by atoms with van der Waals surface area (Å²) in [5.41, 5.74) is 0.988. The lowest BCUT2D eigenvalue weighted by Gasteiger charge is -2.13. The number of hydrogen-bond donors (Lipinski definition) is 2. The highest BCUT2D eigenvalue weighted by Gasteiger charge is 2.12. The topological polar surface area (TPSA) is 58.2 Å². The van der Waals surface area contributed by atoms with Gasteiger partial charge in [-0.1, -0.05) is 48.0 Å². The molecule has 0 bridgehead atoms. The summed E-state index contributed by atoms with van der Waals surface area (Å²) < 4.78 is 2.63. The smallest absolute Gasteiger partial charge is 0.325 e. The summed E-state index contributed by atoms with van der Waals surface area (Å²) in [5.74, 6) is 0. The first-order chi connectivity index (χ1) is 10.7. The Labute approximate surface area is 138 Å². The number of halogens is 1. The SMILES string of the molecule is O=CC(Cc1ccccc1)NC(=O)NSc1cccc(Cl)c1. The van der Waals surface area contributed by atoms with E-state index in [1.54, 1.807) is 18.2 Å². The molecule has 4 nitrogen and oxygen atoms in total. The molecule has 2 amide bonds. The summed E-state index contributed by atoms with van der Waals surface area (Å²) in [6.45, 7) is 0.